The summed E-state index contributed by atoms with van der Waals surface area (Å²) in [6.07, 6.45) is 4.63. The van der Waals surface area contributed by atoms with Crippen molar-refractivity contribution in [3.63, 3.8) is 0 Å². The Balaban J connectivity index is 1.68. The van der Waals surface area contributed by atoms with E-state index in [1.165, 1.54) is 0 Å². The number of imidazole rings is 1. The maximum atomic E-state index is 12.3. The monoisotopic (exact) mass is 302 g/mol. The van der Waals surface area contributed by atoms with Crippen molar-refractivity contribution >= 4 is 11.9 Å². The predicted molar refractivity (Wildman–Crippen MR) is 83.8 cm³/mol. The molecule has 0 bridgehead atoms. The van der Waals surface area contributed by atoms with E-state index in [1.807, 2.05) is 16.8 Å². The first-order chi connectivity index (χ1) is 10.6. The molecule has 0 spiro atoms. The molecule has 22 heavy (non-hydrogen) atoms. The standard InChI is InChI=1S/C15H22N6O/c1-10(2)9-21-6-5-17-15(21)18-14(22)13-7-12(19-20-13)11-3-4-16-8-11/h5-7,10-11,16H,3-4,8-9H2,1-2H3,(H,19,20)(H,17,18,22). The second kappa shape index (κ2) is 6.31. The van der Waals surface area contributed by atoms with E-state index in [9.17, 15) is 4.79 Å². The van der Waals surface area contributed by atoms with Crippen molar-refractivity contribution in [1.82, 2.24) is 25.1 Å². The van der Waals surface area contributed by atoms with Crippen LogP contribution in [0.4, 0.5) is 5.95 Å². The lowest BCUT2D eigenvalue weighted by Gasteiger charge is -2.10. The number of rotatable bonds is 5. The Hall–Kier alpha value is -2.15. The number of hydrogen-bond acceptors (Lipinski definition) is 4. The minimum absolute atomic E-state index is 0.232. The maximum Gasteiger partial charge on any atom is 0.278 e. The van der Waals surface area contributed by atoms with Crippen LogP contribution in [0.5, 0.6) is 0 Å². The van der Waals surface area contributed by atoms with Gasteiger partial charge in [-0.3, -0.25) is 15.2 Å². The van der Waals surface area contributed by atoms with Crippen LogP contribution in [0.15, 0.2) is 18.5 Å². The van der Waals surface area contributed by atoms with Crippen molar-refractivity contribution in [1.29, 1.82) is 0 Å². The molecule has 1 saturated heterocycles. The summed E-state index contributed by atoms with van der Waals surface area (Å²) in [5.41, 5.74) is 1.42. The molecule has 0 radical (unpaired) electrons. The number of carbonyl (C=O) groups is 1. The zero-order valence-corrected chi connectivity index (χ0v) is 13.0. The SMILES string of the molecule is CC(C)Cn1ccnc1NC(=O)c1cc(C2CCNC2)[nH]n1. The number of carbonyl (C=O) groups excluding carboxylic acids is 1. The minimum Gasteiger partial charge on any atom is -0.317 e. The molecule has 1 atom stereocenters. The zero-order valence-electron chi connectivity index (χ0n) is 13.0. The summed E-state index contributed by atoms with van der Waals surface area (Å²) in [6, 6.07) is 1.84. The normalized spacial score (nSPS) is 18.0. The van der Waals surface area contributed by atoms with E-state index < -0.39 is 0 Å². The van der Waals surface area contributed by atoms with Crippen LogP contribution in [-0.2, 0) is 6.54 Å². The molecule has 3 N–H and O–H groups in total. The maximum absolute atomic E-state index is 12.3. The average molecular weight is 302 g/mol. The lowest BCUT2D eigenvalue weighted by Crippen LogP contribution is -2.17. The number of nitrogens with one attached hydrogen (secondary N) is 3. The van der Waals surface area contributed by atoms with Crippen LogP contribution in [0, 0.1) is 5.92 Å². The van der Waals surface area contributed by atoms with Gasteiger partial charge in [0, 0.05) is 37.1 Å². The van der Waals surface area contributed by atoms with Gasteiger partial charge in [-0.1, -0.05) is 13.8 Å². The van der Waals surface area contributed by atoms with E-state index in [0.717, 1.165) is 31.7 Å². The minimum atomic E-state index is -0.232. The Morgan fingerprint density at radius 2 is 2.41 bits per heavy atom. The van der Waals surface area contributed by atoms with E-state index in [-0.39, 0.29) is 5.91 Å². The lowest BCUT2D eigenvalue weighted by atomic mass is 10.1. The molecule has 0 aromatic carbocycles. The highest BCUT2D eigenvalue weighted by atomic mass is 16.2. The number of nitrogens with zero attached hydrogens (tertiary/aromatic N) is 3. The fourth-order valence-electron chi connectivity index (χ4n) is 2.72. The Kier molecular flexibility index (Phi) is 4.24. The van der Waals surface area contributed by atoms with Crippen molar-refractivity contribution in [2.75, 3.05) is 18.4 Å². The Morgan fingerprint density at radius 1 is 1.55 bits per heavy atom. The number of amides is 1. The molecule has 1 aliphatic rings. The third-order valence-electron chi connectivity index (χ3n) is 3.83. The van der Waals surface area contributed by atoms with Crippen LogP contribution in [0.2, 0.25) is 0 Å². The van der Waals surface area contributed by atoms with Gasteiger partial charge in [0.1, 0.15) is 0 Å². The second-order valence-corrected chi connectivity index (χ2v) is 6.15. The Bertz CT molecular complexity index is 638. The Labute approximate surface area is 129 Å². The van der Waals surface area contributed by atoms with Gasteiger partial charge >= 0.3 is 0 Å². The third-order valence-corrected chi connectivity index (χ3v) is 3.83. The van der Waals surface area contributed by atoms with E-state index in [1.54, 1.807) is 6.20 Å². The first kappa shape index (κ1) is 14.8. The third kappa shape index (κ3) is 3.19. The summed E-state index contributed by atoms with van der Waals surface area (Å²) in [5.74, 6) is 1.23. The zero-order chi connectivity index (χ0) is 15.5. The van der Waals surface area contributed by atoms with Crippen molar-refractivity contribution in [3.05, 3.63) is 29.8 Å². The van der Waals surface area contributed by atoms with Crippen LogP contribution in [-0.4, -0.2) is 38.7 Å². The average Bonchev–Trinajstić information content (AvgIpc) is 3.18. The van der Waals surface area contributed by atoms with Gasteiger partial charge in [-0.15, -0.1) is 0 Å². The van der Waals surface area contributed by atoms with Crippen molar-refractivity contribution in [2.24, 2.45) is 5.92 Å². The topological polar surface area (TPSA) is 87.6 Å². The molecule has 3 rings (SSSR count). The van der Waals surface area contributed by atoms with Crippen molar-refractivity contribution in [3.8, 4) is 0 Å². The largest absolute Gasteiger partial charge is 0.317 e. The molecular formula is C15H22N6O. The van der Waals surface area contributed by atoms with Crippen LogP contribution in [0.25, 0.3) is 0 Å². The molecule has 2 aromatic heterocycles. The van der Waals surface area contributed by atoms with Gasteiger partial charge in [-0.25, -0.2) is 4.98 Å². The van der Waals surface area contributed by atoms with Gasteiger partial charge in [-0.05, 0) is 24.9 Å². The van der Waals surface area contributed by atoms with Crippen LogP contribution >= 0.6 is 0 Å². The molecule has 1 aliphatic heterocycles. The van der Waals surface area contributed by atoms with E-state index in [0.29, 0.717) is 23.5 Å². The summed E-state index contributed by atoms with van der Waals surface area (Å²) >= 11 is 0. The molecule has 0 saturated carbocycles. The van der Waals surface area contributed by atoms with E-state index >= 15 is 0 Å². The number of H-pyrrole nitrogens is 1. The first-order valence-electron chi connectivity index (χ1n) is 7.72. The van der Waals surface area contributed by atoms with Crippen LogP contribution < -0.4 is 10.6 Å². The van der Waals surface area contributed by atoms with Gasteiger partial charge in [0.25, 0.3) is 5.91 Å². The smallest absolute Gasteiger partial charge is 0.278 e. The highest BCUT2D eigenvalue weighted by Crippen LogP contribution is 2.21. The molecule has 3 heterocycles. The van der Waals surface area contributed by atoms with Crippen molar-refractivity contribution in [2.45, 2.75) is 32.7 Å². The number of aromatic nitrogens is 4. The van der Waals surface area contributed by atoms with Gasteiger partial charge < -0.3 is 9.88 Å². The molecule has 2 aromatic rings. The second-order valence-electron chi connectivity index (χ2n) is 6.15. The molecule has 1 fully saturated rings. The predicted octanol–water partition coefficient (Wildman–Crippen LogP) is 1.59. The summed E-state index contributed by atoms with van der Waals surface area (Å²) in [5, 5.41) is 13.2. The molecule has 1 amide bonds. The molecule has 0 aliphatic carbocycles. The van der Waals surface area contributed by atoms with E-state index in [4.69, 9.17) is 0 Å². The first-order valence-corrected chi connectivity index (χ1v) is 7.72. The van der Waals surface area contributed by atoms with E-state index in [2.05, 4.69) is 39.7 Å². The fourth-order valence-corrected chi connectivity index (χ4v) is 2.72. The van der Waals surface area contributed by atoms with Gasteiger partial charge in [0.05, 0.1) is 0 Å². The van der Waals surface area contributed by atoms with Gasteiger partial charge in [0.15, 0.2) is 5.69 Å². The highest BCUT2D eigenvalue weighted by Gasteiger charge is 2.21. The quantitative estimate of drug-likeness (QED) is 0.782. The molecule has 1 unspecified atom stereocenters. The fraction of sp³-hybridized carbons (Fsp3) is 0.533. The van der Waals surface area contributed by atoms with Crippen LogP contribution in [0.3, 0.4) is 0 Å². The number of hydrogen-bond donors (Lipinski definition) is 3. The summed E-state index contributed by atoms with van der Waals surface area (Å²) in [7, 11) is 0. The summed E-state index contributed by atoms with van der Waals surface area (Å²) in [6.45, 7) is 7.01. The van der Waals surface area contributed by atoms with Gasteiger partial charge in [0.2, 0.25) is 5.95 Å². The summed E-state index contributed by atoms with van der Waals surface area (Å²) < 4.78 is 1.94. The van der Waals surface area contributed by atoms with Crippen molar-refractivity contribution < 1.29 is 4.79 Å². The number of aromatic amines is 1. The molecule has 7 nitrogen and oxygen atoms in total. The summed E-state index contributed by atoms with van der Waals surface area (Å²) in [4.78, 5) is 16.5. The molecular weight excluding hydrogens is 280 g/mol. The molecule has 118 valence electrons. The molecule has 7 heteroatoms. The Morgan fingerprint density at radius 3 is 3.14 bits per heavy atom. The lowest BCUT2D eigenvalue weighted by molar-refractivity contribution is 0.102. The van der Waals surface area contributed by atoms with Crippen LogP contribution in [0.1, 0.15) is 42.4 Å². The number of anilines is 1. The highest BCUT2D eigenvalue weighted by molar-refractivity contribution is 6.01. The van der Waals surface area contributed by atoms with Gasteiger partial charge in [-0.2, -0.15) is 5.10 Å².